The Hall–Kier alpha value is -1.40. The van der Waals surface area contributed by atoms with E-state index in [1.165, 1.54) is 0 Å². The van der Waals surface area contributed by atoms with Gasteiger partial charge < -0.3 is 10.6 Å². The summed E-state index contributed by atoms with van der Waals surface area (Å²) >= 11 is 0. The summed E-state index contributed by atoms with van der Waals surface area (Å²) in [5.41, 5.74) is 1.59. The van der Waals surface area contributed by atoms with Crippen molar-refractivity contribution in [3.63, 3.8) is 0 Å². The number of amides is 1. The predicted octanol–water partition coefficient (Wildman–Crippen LogP) is 0.179. The van der Waals surface area contributed by atoms with Crippen molar-refractivity contribution in [2.45, 2.75) is 19.8 Å². The van der Waals surface area contributed by atoms with E-state index in [4.69, 9.17) is 0 Å². The monoisotopic (exact) mass is 279 g/mol. The van der Waals surface area contributed by atoms with E-state index in [1.54, 1.807) is 4.68 Å². The molecule has 1 aliphatic rings. The molecule has 2 rings (SSSR count). The molecule has 1 aliphatic heterocycles. The Balaban J connectivity index is 1.81. The summed E-state index contributed by atoms with van der Waals surface area (Å²) in [6, 6.07) is 1.88. The quantitative estimate of drug-likeness (QED) is 0.807. The van der Waals surface area contributed by atoms with Crippen molar-refractivity contribution in [2.24, 2.45) is 7.05 Å². The maximum absolute atomic E-state index is 12.1. The lowest BCUT2D eigenvalue weighted by Gasteiger charge is -2.26. The van der Waals surface area contributed by atoms with E-state index < -0.39 is 0 Å². The van der Waals surface area contributed by atoms with Gasteiger partial charge in [0.25, 0.3) is 5.91 Å². The largest absolute Gasteiger partial charge is 0.349 e. The van der Waals surface area contributed by atoms with E-state index in [1.807, 2.05) is 13.1 Å². The molecular weight excluding hydrogens is 254 g/mol. The Morgan fingerprint density at radius 2 is 2.15 bits per heavy atom. The van der Waals surface area contributed by atoms with E-state index in [2.05, 4.69) is 34.5 Å². The minimum atomic E-state index is -0.0809. The molecule has 0 unspecified atom stereocenters. The number of hydrogen-bond donors (Lipinski definition) is 2. The van der Waals surface area contributed by atoms with E-state index in [-0.39, 0.29) is 5.91 Å². The molecule has 0 saturated carbocycles. The molecule has 1 fully saturated rings. The first-order valence-electron chi connectivity index (χ1n) is 7.33. The van der Waals surface area contributed by atoms with E-state index in [0.717, 1.165) is 38.4 Å². The van der Waals surface area contributed by atoms with Gasteiger partial charge in [-0.1, -0.05) is 13.8 Å². The summed E-state index contributed by atoms with van der Waals surface area (Å²) in [6.45, 7) is 9.95. The van der Waals surface area contributed by atoms with Gasteiger partial charge in [0.1, 0.15) is 5.69 Å². The zero-order chi connectivity index (χ0) is 14.5. The summed E-state index contributed by atoms with van der Waals surface area (Å²) in [5, 5.41) is 10.5. The number of nitrogens with zero attached hydrogens (tertiary/aromatic N) is 3. The number of hydrogen-bond acceptors (Lipinski definition) is 4. The lowest BCUT2D eigenvalue weighted by Crippen LogP contribution is -2.46. The molecule has 0 atom stereocenters. The fraction of sp³-hybridized carbons (Fsp3) is 0.714. The molecule has 0 bridgehead atoms. The second kappa shape index (κ2) is 6.85. The minimum absolute atomic E-state index is 0.0809. The maximum atomic E-state index is 12.1. The van der Waals surface area contributed by atoms with Crippen LogP contribution in [0.25, 0.3) is 0 Å². The van der Waals surface area contributed by atoms with Crippen molar-refractivity contribution in [1.29, 1.82) is 0 Å². The third kappa shape index (κ3) is 3.80. The average molecular weight is 279 g/mol. The van der Waals surface area contributed by atoms with Crippen LogP contribution in [0.2, 0.25) is 0 Å². The van der Waals surface area contributed by atoms with Gasteiger partial charge in [0.15, 0.2) is 0 Å². The second-order valence-corrected chi connectivity index (χ2v) is 5.58. The lowest BCUT2D eigenvalue weighted by molar-refractivity contribution is 0.0941. The van der Waals surface area contributed by atoms with Gasteiger partial charge in [0.2, 0.25) is 0 Å². The molecule has 0 aliphatic carbocycles. The van der Waals surface area contributed by atoms with Gasteiger partial charge in [-0.05, 0) is 12.0 Å². The van der Waals surface area contributed by atoms with Gasteiger partial charge in [0, 0.05) is 52.0 Å². The molecule has 0 radical (unpaired) electrons. The van der Waals surface area contributed by atoms with Crippen LogP contribution >= 0.6 is 0 Å². The lowest BCUT2D eigenvalue weighted by atomic mass is 10.1. The van der Waals surface area contributed by atoms with Gasteiger partial charge in [-0.15, -0.1) is 0 Å². The normalized spacial score (nSPS) is 16.6. The smallest absolute Gasteiger partial charge is 0.271 e. The summed E-state index contributed by atoms with van der Waals surface area (Å²) in [7, 11) is 1.88. The van der Waals surface area contributed by atoms with Gasteiger partial charge in [-0.2, -0.15) is 5.10 Å². The van der Waals surface area contributed by atoms with Crippen molar-refractivity contribution in [1.82, 2.24) is 25.3 Å². The molecule has 1 amide bonds. The van der Waals surface area contributed by atoms with E-state index in [9.17, 15) is 4.79 Å². The molecule has 112 valence electrons. The molecule has 0 spiro atoms. The predicted molar refractivity (Wildman–Crippen MR) is 78.9 cm³/mol. The van der Waals surface area contributed by atoms with Crippen LogP contribution < -0.4 is 10.6 Å². The van der Waals surface area contributed by atoms with Crippen LogP contribution in [0.4, 0.5) is 0 Å². The van der Waals surface area contributed by atoms with Crippen molar-refractivity contribution >= 4 is 5.91 Å². The number of rotatable bonds is 5. The van der Waals surface area contributed by atoms with Crippen LogP contribution in [0.15, 0.2) is 6.07 Å². The fourth-order valence-electron chi connectivity index (χ4n) is 2.49. The minimum Gasteiger partial charge on any atom is -0.349 e. The van der Waals surface area contributed by atoms with Gasteiger partial charge in [-0.3, -0.25) is 14.4 Å². The Morgan fingerprint density at radius 1 is 1.45 bits per heavy atom. The maximum Gasteiger partial charge on any atom is 0.271 e. The summed E-state index contributed by atoms with van der Waals surface area (Å²) in [4.78, 5) is 14.4. The zero-order valence-corrected chi connectivity index (χ0v) is 12.6. The van der Waals surface area contributed by atoms with Gasteiger partial charge >= 0.3 is 0 Å². The van der Waals surface area contributed by atoms with Gasteiger partial charge in [0.05, 0.1) is 0 Å². The molecule has 20 heavy (non-hydrogen) atoms. The van der Waals surface area contributed by atoms with Crippen LogP contribution in [0.1, 0.15) is 35.9 Å². The van der Waals surface area contributed by atoms with Crippen LogP contribution in [0, 0.1) is 0 Å². The number of piperazine rings is 1. The Morgan fingerprint density at radius 3 is 2.75 bits per heavy atom. The van der Waals surface area contributed by atoms with Crippen LogP contribution in [-0.2, 0) is 7.05 Å². The molecule has 2 N–H and O–H groups in total. The topological polar surface area (TPSA) is 62.2 Å². The van der Waals surface area contributed by atoms with Crippen molar-refractivity contribution in [2.75, 3.05) is 39.3 Å². The molecule has 1 aromatic heterocycles. The summed E-state index contributed by atoms with van der Waals surface area (Å²) in [6.07, 6.45) is 0. The number of nitrogens with one attached hydrogen (secondary N) is 2. The molecule has 1 saturated heterocycles. The van der Waals surface area contributed by atoms with E-state index >= 15 is 0 Å². The first-order chi connectivity index (χ1) is 9.58. The molecule has 1 aromatic rings. The van der Waals surface area contributed by atoms with Crippen molar-refractivity contribution in [3.05, 3.63) is 17.5 Å². The first-order valence-corrected chi connectivity index (χ1v) is 7.33. The van der Waals surface area contributed by atoms with Crippen LogP contribution in [0.5, 0.6) is 0 Å². The SMILES string of the molecule is CC(C)c1cc(C(=O)NCCN2CCNCC2)nn1C. The number of aromatic nitrogens is 2. The van der Waals surface area contributed by atoms with Crippen LogP contribution in [-0.4, -0.2) is 59.9 Å². The van der Waals surface area contributed by atoms with Crippen molar-refractivity contribution < 1.29 is 4.79 Å². The highest BCUT2D eigenvalue weighted by atomic mass is 16.1. The fourth-order valence-corrected chi connectivity index (χ4v) is 2.49. The van der Waals surface area contributed by atoms with Crippen molar-refractivity contribution in [3.8, 4) is 0 Å². The standard InChI is InChI=1S/C14H25N5O/c1-11(2)13-10-12(17-18(13)3)14(20)16-6-9-19-7-4-15-5-8-19/h10-11,15H,4-9H2,1-3H3,(H,16,20). The highest BCUT2D eigenvalue weighted by molar-refractivity contribution is 5.92. The summed E-state index contributed by atoms with van der Waals surface area (Å²) in [5.74, 6) is 0.289. The third-order valence-corrected chi connectivity index (χ3v) is 3.66. The number of carbonyl (C=O) groups excluding carboxylic acids is 1. The van der Waals surface area contributed by atoms with E-state index in [0.29, 0.717) is 18.2 Å². The Labute approximate surface area is 120 Å². The first kappa shape index (κ1) is 15.0. The highest BCUT2D eigenvalue weighted by Gasteiger charge is 2.15. The third-order valence-electron chi connectivity index (χ3n) is 3.66. The summed E-state index contributed by atoms with van der Waals surface area (Å²) < 4.78 is 1.79. The molecular formula is C14H25N5O. The van der Waals surface area contributed by atoms with Crippen LogP contribution in [0.3, 0.4) is 0 Å². The number of carbonyl (C=O) groups is 1. The Kier molecular flexibility index (Phi) is 5.14. The zero-order valence-electron chi connectivity index (χ0n) is 12.6. The Bertz CT molecular complexity index is 448. The molecule has 6 nitrogen and oxygen atoms in total. The highest BCUT2D eigenvalue weighted by Crippen LogP contribution is 2.14. The van der Waals surface area contributed by atoms with Gasteiger partial charge in [-0.25, -0.2) is 0 Å². The second-order valence-electron chi connectivity index (χ2n) is 5.58. The molecule has 0 aromatic carbocycles. The molecule has 6 heteroatoms. The average Bonchev–Trinajstić information content (AvgIpc) is 2.82. The number of aryl methyl sites for hydroxylation is 1. The molecule has 2 heterocycles.